The molecule has 0 fully saturated rings. The molecule has 1 aromatic carbocycles. The van der Waals surface area contributed by atoms with Crippen molar-refractivity contribution in [1.29, 1.82) is 0 Å². The summed E-state index contributed by atoms with van der Waals surface area (Å²) in [5.74, 6) is 0. The molecule has 0 bridgehead atoms. The summed E-state index contributed by atoms with van der Waals surface area (Å²) in [5, 5.41) is 0. The maximum Gasteiger partial charge on any atom is 0.0572 e. The quantitative estimate of drug-likeness (QED) is 0.633. The Morgan fingerprint density at radius 2 is 1.87 bits per heavy atom. The van der Waals surface area contributed by atoms with E-state index in [0.717, 1.165) is 6.54 Å². The number of benzene rings is 1. The average molecular weight is 243 g/mol. The van der Waals surface area contributed by atoms with Gasteiger partial charge in [-0.1, -0.05) is 0 Å². The van der Waals surface area contributed by atoms with Gasteiger partial charge in [-0.2, -0.15) is 5.48 Å². The zero-order chi connectivity index (χ0) is 11.3. The number of hydroxylamine groups is 1. The Bertz CT molecular complexity index is 329. The standard InChI is InChI=1S/C11H17NOS2/c1-8-5-11(15-4)9(7-12-13-2)6-10(8)14-3/h5-6,12H,7H2,1-4H3. The van der Waals surface area contributed by atoms with Crippen molar-refractivity contribution in [3.63, 3.8) is 0 Å². The molecule has 15 heavy (non-hydrogen) atoms. The lowest BCUT2D eigenvalue weighted by Gasteiger charge is -2.12. The largest absolute Gasteiger partial charge is 0.305 e. The van der Waals surface area contributed by atoms with Crippen LogP contribution >= 0.6 is 23.5 Å². The minimum Gasteiger partial charge on any atom is -0.305 e. The highest BCUT2D eigenvalue weighted by Crippen LogP contribution is 2.29. The van der Waals surface area contributed by atoms with E-state index >= 15 is 0 Å². The lowest BCUT2D eigenvalue weighted by atomic mass is 10.1. The average Bonchev–Trinajstić information content (AvgIpc) is 2.26. The summed E-state index contributed by atoms with van der Waals surface area (Å²) >= 11 is 3.56. The van der Waals surface area contributed by atoms with Crippen LogP contribution in [0.5, 0.6) is 0 Å². The van der Waals surface area contributed by atoms with Gasteiger partial charge >= 0.3 is 0 Å². The smallest absolute Gasteiger partial charge is 0.0572 e. The van der Waals surface area contributed by atoms with E-state index in [0.29, 0.717) is 0 Å². The van der Waals surface area contributed by atoms with Crippen LogP contribution in [-0.4, -0.2) is 19.6 Å². The van der Waals surface area contributed by atoms with Crippen LogP contribution in [0.3, 0.4) is 0 Å². The van der Waals surface area contributed by atoms with Crippen LogP contribution < -0.4 is 5.48 Å². The Morgan fingerprint density at radius 3 is 2.40 bits per heavy atom. The second-order valence-electron chi connectivity index (χ2n) is 3.16. The molecule has 84 valence electrons. The molecular weight excluding hydrogens is 226 g/mol. The Hall–Kier alpha value is -0.160. The maximum absolute atomic E-state index is 4.88. The van der Waals surface area contributed by atoms with E-state index in [9.17, 15) is 0 Å². The van der Waals surface area contributed by atoms with Gasteiger partial charge in [0.05, 0.1) is 7.11 Å². The Kier molecular flexibility index (Phi) is 5.53. The van der Waals surface area contributed by atoms with Gasteiger partial charge in [0, 0.05) is 16.3 Å². The van der Waals surface area contributed by atoms with E-state index in [1.807, 2.05) is 0 Å². The van der Waals surface area contributed by atoms with Gasteiger partial charge in [0.1, 0.15) is 0 Å². The molecule has 0 aliphatic heterocycles. The summed E-state index contributed by atoms with van der Waals surface area (Å²) in [5.41, 5.74) is 5.52. The number of thioether (sulfide) groups is 2. The molecule has 1 N–H and O–H groups in total. The van der Waals surface area contributed by atoms with E-state index in [1.54, 1.807) is 30.6 Å². The van der Waals surface area contributed by atoms with E-state index in [-0.39, 0.29) is 0 Å². The predicted octanol–water partition coefficient (Wildman–Crippen LogP) is 3.09. The van der Waals surface area contributed by atoms with E-state index in [2.05, 4.69) is 37.0 Å². The molecular formula is C11H17NOS2. The highest BCUT2D eigenvalue weighted by Gasteiger charge is 2.06. The molecule has 0 aliphatic carbocycles. The summed E-state index contributed by atoms with van der Waals surface area (Å²) in [6.07, 6.45) is 4.21. The molecule has 1 aromatic rings. The fraction of sp³-hybridized carbons (Fsp3) is 0.455. The van der Waals surface area contributed by atoms with Crippen molar-refractivity contribution in [3.8, 4) is 0 Å². The molecule has 0 aromatic heterocycles. The molecule has 0 amide bonds. The molecule has 0 unspecified atom stereocenters. The number of nitrogens with one attached hydrogen (secondary N) is 1. The van der Waals surface area contributed by atoms with E-state index in [4.69, 9.17) is 4.84 Å². The van der Waals surface area contributed by atoms with Crippen molar-refractivity contribution in [3.05, 3.63) is 23.3 Å². The first-order chi connectivity index (χ1) is 7.22. The van der Waals surface area contributed by atoms with Gasteiger partial charge in [-0.25, -0.2) is 0 Å². The number of hydrogen-bond donors (Lipinski definition) is 1. The second kappa shape index (κ2) is 6.43. The minimum atomic E-state index is 0.751. The van der Waals surface area contributed by atoms with Crippen molar-refractivity contribution in [2.24, 2.45) is 0 Å². The fourth-order valence-corrected chi connectivity index (χ4v) is 2.73. The highest BCUT2D eigenvalue weighted by atomic mass is 32.2. The second-order valence-corrected chi connectivity index (χ2v) is 4.86. The Labute approximate surface area is 100 Å². The van der Waals surface area contributed by atoms with Gasteiger partial charge < -0.3 is 4.84 Å². The topological polar surface area (TPSA) is 21.3 Å². The van der Waals surface area contributed by atoms with Crippen LogP contribution in [0.1, 0.15) is 11.1 Å². The summed E-state index contributed by atoms with van der Waals surface area (Å²) < 4.78 is 0. The monoisotopic (exact) mass is 243 g/mol. The number of hydrogen-bond acceptors (Lipinski definition) is 4. The molecule has 1 rings (SSSR count). The minimum absolute atomic E-state index is 0.751. The Balaban J connectivity index is 2.99. The van der Waals surface area contributed by atoms with Crippen molar-refractivity contribution >= 4 is 23.5 Å². The molecule has 0 saturated heterocycles. The molecule has 0 saturated carbocycles. The third kappa shape index (κ3) is 3.41. The molecule has 0 heterocycles. The van der Waals surface area contributed by atoms with Crippen LogP contribution in [0.2, 0.25) is 0 Å². The molecule has 0 spiro atoms. The first-order valence-electron chi connectivity index (χ1n) is 4.70. The zero-order valence-corrected chi connectivity index (χ0v) is 11.2. The number of aryl methyl sites for hydroxylation is 1. The first-order valence-corrected chi connectivity index (χ1v) is 7.15. The third-order valence-electron chi connectivity index (χ3n) is 2.20. The summed E-state index contributed by atoms with van der Waals surface area (Å²) in [6, 6.07) is 4.47. The van der Waals surface area contributed by atoms with Gasteiger partial charge in [0.2, 0.25) is 0 Å². The highest BCUT2D eigenvalue weighted by molar-refractivity contribution is 7.99. The summed E-state index contributed by atoms with van der Waals surface area (Å²) in [4.78, 5) is 7.53. The molecule has 0 aliphatic rings. The Morgan fingerprint density at radius 1 is 1.20 bits per heavy atom. The molecule has 0 radical (unpaired) electrons. The third-order valence-corrected chi connectivity index (χ3v) is 3.90. The van der Waals surface area contributed by atoms with Crippen LogP contribution in [0.25, 0.3) is 0 Å². The molecule has 2 nitrogen and oxygen atoms in total. The van der Waals surface area contributed by atoms with Crippen LogP contribution in [0.4, 0.5) is 0 Å². The molecule has 0 atom stereocenters. The summed E-state index contributed by atoms with van der Waals surface area (Å²) in [6.45, 7) is 2.90. The summed E-state index contributed by atoms with van der Waals surface area (Å²) in [7, 11) is 1.64. The van der Waals surface area contributed by atoms with E-state index in [1.165, 1.54) is 20.9 Å². The van der Waals surface area contributed by atoms with Gasteiger partial charge in [-0.3, -0.25) is 0 Å². The van der Waals surface area contributed by atoms with Crippen molar-refractivity contribution < 1.29 is 4.84 Å². The van der Waals surface area contributed by atoms with Crippen molar-refractivity contribution in [2.45, 2.75) is 23.3 Å². The van der Waals surface area contributed by atoms with Gasteiger partial charge in [-0.05, 0) is 42.7 Å². The number of rotatable bonds is 5. The maximum atomic E-state index is 4.88. The normalized spacial score (nSPS) is 10.7. The zero-order valence-electron chi connectivity index (χ0n) is 9.59. The predicted molar refractivity (Wildman–Crippen MR) is 68.6 cm³/mol. The lowest BCUT2D eigenvalue weighted by molar-refractivity contribution is 0.0861. The lowest BCUT2D eigenvalue weighted by Crippen LogP contribution is -2.11. The first kappa shape index (κ1) is 12.9. The van der Waals surface area contributed by atoms with Gasteiger partial charge in [0.15, 0.2) is 0 Å². The van der Waals surface area contributed by atoms with Crippen molar-refractivity contribution in [2.75, 3.05) is 19.6 Å². The molecule has 4 heteroatoms. The SMILES string of the molecule is CONCc1cc(SC)c(C)cc1SC. The van der Waals surface area contributed by atoms with Crippen LogP contribution in [0.15, 0.2) is 21.9 Å². The van der Waals surface area contributed by atoms with Gasteiger partial charge in [-0.15, -0.1) is 23.5 Å². The van der Waals surface area contributed by atoms with Crippen LogP contribution in [-0.2, 0) is 11.4 Å². The van der Waals surface area contributed by atoms with E-state index < -0.39 is 0 Å². The van der Waals surface area contributed by atoms with Gasteiger partial charge in [0.25, 0.3) is 0 Å². The van der Waals surface area contributed by atoms with Crippen LogP contribution in [0, 0.1) is 6.92 Å². The fourth-order valence-electron chi connectivity index (χ4n) is 1.40. The van der Waals surface area contributed by atoms with Crippen molar-refractivity contribution in [1.82, 2.24) is 5.48 Å².